The molecule has 86 valence electrons. The van der Waals surface area contributed by atoms with Gasteiger partial charge in [0.05, 0.1) is 0 Å². The van der Waals surface area contributed by atoms with Gasteiger partial charge < -0.3 is 10.2 Å². The van der Waals surface area contributed by atoms with Crippen LogP contribution in [0, 0.1) is 5.92 Å². The third kappa shape index (κ3) is 3.34. The lowest BCUT2D eigenvalue weighted by Crippen LogP contribution is -2.30. The Kier molecular flexibility index (Phi) is 4.82. The Hall–Kier alpha value is -0.830. The maximum atomic E-state index is 11.9. The van der Waals surface area contributed by atoms with Crippen molar-refractivity contribution in [2.75, 3.05) is 26.7 Å². The molecule has 0 aliphatic carbocycles. The second kappa shape index (κ2) is 5.91. The van der Waals surface area contributed by atoms with Gasteiger partial charge in [-0.15, -0.1) is 0 Å². The zero-order valence-electron chi connectivity index (χ0n) is 10.0. The van der Waals surface area contributed by atoms with Crippen LogP contribution in [0.15, 0.2) is 11.6 Å². The number of carbonyl (C=O) groups is 1. The molecule has 1 unspecified atom stereocenters. The molecule has 0 aromatic carbocycles. The molecular weight excluding hydrogens is 188 g/mol. The van der Waals surface area contributed by atoms with Gasteiger partial charge in [0.25, 0.3) is 0 Å². The van der Waals surface area contributed by atoms with Gasteiger partial charge in [0, 0.05) is 18.7 Å². The van der Waals surface area contributed by atoms with E-state index in [0.29, 0.717) is 5.92 Å². The predicted octanol–water partition coefficient (Wildman–Crippen LogP) is 1.41. The normalized spacial score (nSPS) is 22.2. The van der Waals surface area contributed by atoms with Crippen LogP contribution in [0.1, 0.15) is 26.7 Å². The Morgan fingerprint density at radius 2 is 2.33 bits per heavy atom. The highest BCUT2D eigenvalue weighted by atomic mass is 16.2. The monoisotopic (exact) mass is 210 g/mol. The van der Waals surface area contributed by atoms with E-state index in [2.05, 4.69) is 12.2 Å². The molecule has 3 nitrogen and oxygen atoms in total. The van der Waals surface area contributed by atoms with E-state index in [4.69, 9.17) is 0 Å². The minimum Gasteiger partial charge on any atom is -0.339 e. The molecule has 0 spiro atoms. The molecule has 1 amide bonds. The maximum absolute atomic E-state index is 11.9. The number of carbonyl (C=O) groups excluding carboxylic acids is 1. The highest BCUT2D eigenvalue weighted by Gasteiger charge is 2.25. The number of likely N-dealkylation sites (tertiary alicyclic amines) is 1. The van der Waals surface area contributed by atoms with E-state index in [1.165, 1.54) is 0 Å². The fourth-order valence-corrected chi connectivity index (χ4v) is 2.12. The van der Waals surface area contributed by atoms with Gasteiger partial charge in [-0.3, -0.25) is 4.79 Å². The molecule has 1 saturated heterocycles. The molecule has 1 aliphatic heterocycles. The number of hydrogen-bond donors (Lipinski definition) is 1. The van der Waals surface area contributed by atoms with E-state index < -0.39 is 0 Å². The van der Waals surface area contributed by atoms with Crippen molar-refractivity contribution < 1.29 is 4.79 Å². The van der Waals surface area contributed by atoms with Crippen LogP contribution in [0.2, 0.25) is 0 Å². The van der Waals surface area contributed by atoms with E-state index in [-0.39, 0.29) is 5.91 Å². The Morgan fingerprint density at radius 1 is 1.60 bits per heavy atom. The van der Waals surface area contributed by atoms with Crippen LogP contribution >= 0.6 is 0 Å². The summed E-state index contributed by atoms with van der Waals surface area (Å²) >= 11 is 0. The fourth-order valence-electron chi connectivity index (χ4n) is 2.12. The average Bonchev–Trinajstić information content (AvgIpc) is 2.66. The molecule has 1 rings (SSSR count). The van der Waals surface area contributed by atoms with Crippen LogP contribution in [-0.4, -0.2) is 37.5 Å². The van der Waals surface area contributed by atoms with E-state index in [9.17, 15) is 4.79 Å². The zero-order valence-corrected chi connectivity index (χ0v) is 10.0. The zero-order chi connectivity index (χ0) is 11.3. The Balaban J connectivity index is 2.46. The molecule has 3 heteroatoms. The molecule has 0 bridgehead atoms. The summed E-state index contributed by atoms with van der Waals surface area (Å²) in [6.07, 6.45) is 4.07. The summed E-state index contributed by atoms with van der Waals surface area (Å²) in [5, 5.41) is 3.17. The smallest absolute Gasteiger partial charge is 0.249 e. The van der Waals surface area contributed by atoms with E-state index in [1.807, 2.05) is 24.9 Å². The summed E-state index contributed by atoms with van der Waals surface area (Å²) in [6, 6.07) is 0. The van der Waals surface area contributed by atoms with Gasteiger partial charge in [0.2, 0.25) is 5.91 Å². The first-order valence-corrected chi connectivity index (χ1v) is 5.79. The predicted molar refractivity (Wildman–Crippen MR) is 62.7 cm³/mol. The van der Waals surface area contributed by atoms with Crippen LogP contribution in [0.4, 0.5) is 0 Å². The molecule has 1 atom stereocenters. The van der Waals surface area contributed by atoms with Crippen molar-refractivity contribution in [2.45, 2.75) is 26.7 Å². The van der Waals surface area contributed by atoms with E-state index in [0.717, 1.165) is 38.0 Å². The first-order chi connectivity index (χ1) is 7.19. The summed E-state index contributed by atoms with van der Waals surface area (Å²) in [4.78, 5) is 13.9. The largest absolute Gasteiger partial charge is 0.339 e. The van der Waals surface area contributed by atoms with Crippen LogP contribution in [0.5, 0.6) is 0 Å². The van der Waals surface area contributed by atoms with E-state index >= 15 is 0 Å². The second-order valence-corrected chi connectivity index (χ2v) is 4.26. The molecule has 0 radical (unpaired) electrons. The summed E-state index contributed by atoms with van der Waals surface area (Å²) in [6.45, 7) is 6.82. The maximum Gasteiger partial charge on any atom is 0.249 e. The Labute approximate surface area is 92.5 Å². The van der Waals surface area contributed by atoms with Crippen LogP contribution in [-0.2, 0) is 4.79 Å². The molecule has 0 saturated carbocycles. The third-order valence-corrected chi connectivity index (χ3v) is 2.91. The van der Waals surface area contributed by atoms with Gasteiger partial charge in [0.15, 0.2) is 0 Å². The minimum absolute atomic E-state index is 0.218. The Bertz CT molecular complexity index is 248. The summed E-state index contributed by atoms with van der Waals surface area (Å²) in [5.41, 5.74) is 0.891. The number of amides is 1. The van der Waals surface area contributed by atoms with Gasteiger partial charge in [0.1, 0.15) is 0 Å². The van der Waals surface area contributed by atoms with Gasteiger partial charge in [-0.2, -0.15) is 0 Å². The summed E-state index contributed by atoms with van der Waals surface area (Å²) in [7, 11) is 1.96. The van der Waals surface area contributed by atoms with Crippen LogP contribution < -0.4 is 5.32 Å². The molecular formula is C12H22N2O. The van der Waals surface area contributed by atoms with E-state index in [1.54, 1.807) is 0 Å². The number of allylic oxidation sites excluding steroid dienone is 1. The molecule has 1 heterocycles. The van der Waals surface area contributed by atoms with Gasteiger partial charge in [-0.25, -0.2) is 0 Å². The van der Waals surface area contributed by atoms with Crippen molar-refractivity contribution in [1.29, 1.82) is 0 Å². The average molecular weight is 210 g/mol. The lowest BCUT2D eigenvalue weighted by molar-refractivity contribution is -0.126. The SMILES string of the molecule is CCC=C(C)C(=O)N1CCC(CNC)C1. The first-order valence-electron chi connectivity index (χ1n) is 5.79. The summed E-state index contributed by atoms with van der Waals surface area (Å²) in [5.74, 6) is 0.851. The van der Waals surface area contributed by atoms with Gasteiger partial charge in [-0.05, 0) is 39.3 Å². The topological polar surface area (TPSA) is 32.3 Å². The first kappa shape index (κ1) is 12.2. The molecule has 1 N–H and O–H groups in total. The molecule has 1 aliphatic rings. The molecule has 0 aromatic rings. The number of nitrogens with one attached hydrogen (secondary N) is 1. The van der Waals surface area contributed by atoms with Gasteiger partial charge in [-0.1, -0.05) is 13.0 Å². The second-order valence-electron chi connectivity index (χ2n) is 4.26. The number of hydrogen-bond acceptors (Lipinski definition) is 2. The molecule has 15 heavy (non-hydrogen) atoms. The van der Waals surface area contributed by atoms with Crippen molar-refractivity contribution >= 4 is 5.91 Å². The third-order valence-electron chi connectivity index (χ3n) is 2.91. The van der Waals surface area contributed by atoms with Crippen LogP contribution in [0.3, 0.4) is 0 Å². The van der Waals surface area contributed by atoms with Crippen molar-refractivity contribution in [3.05, 3.63) is 11.6 Å². The van der Waals surface area contributed by atoms with Crippen LogP contribution in [0.25, 0.3) is 0 Å². The lowest BCUT2D eigenvalue weighted by atomic mass is 10.1. The summed E-state index contributed by atoms with van der Waals surface area (Å²) < 4.78 is 0. The van der Waals surface area contributed by atoms with Gasteiger partial charge >= 0.3 is 0 Å². The highest BCUT2D eigenvalue weighted by molar-refractivity contribution is 5.92. The van der Waals surface area contributed by atoms with Crippen molar-refractivity contribution in [1.82, 2.24) is 10.2 Å². The minimum atomic E-state index is 0.218. The molecule has 1 fully saturated rings. The van der Waals surface area contributed by atoms with Crippen molar-refractivity contribution in [3.8, 4) is 0 Å². The lowest BCUT2D eigenvalue weighted by Gasteiger charge is -2.16. The molecule has 0 aromatic heterocycles. The standard InChI is InChI=1S/C12H22N2O/c1-4-5-10(2)12(15)14-7-6-11(9-14)8-13-3/h5,11,13H,4,6-9H2,1-3H3. The van der Waals surface area contributed by atoms with Crippen molar-refractivity contribution in [3.63, 3.8) is 0 Å². The number of rotatable bonds is 4. The Morgan fingerprint density at radius 3 is 2.93 bits per heavy atom. The number of nitrogens with zero attached hydrogens (tertiary/aromatic N) is 1. The highest BCUT2D eigenvalue weighted by Crippen LogP contribution is 2.17. The van der Waals surface area contributed by atoms with Crippen molar-refractivity contribution in [2.24, 2.45) is 5.92 Å². The fraction of sp³-hybridized carbons (Fsp3) is 0.750. The quantitative estimate of drug-likeness (QED) is 0.712.